The van der Waals surface area contributed by atoms with Crippen LogP contribution in [0.5, 0.6) is 0 Å². The van der Waals surface area contributed by atoms with Crippen molar-refractivity contribution in [3.63, 3.8) is 0 Å². The van der Waals surface area contributed by atoms with E-state index < -0.39 is 11.7 Å². The number of Topliss-reactive ketones (excluding diaryl/α,β-unsaturated/α-hetero) is 1. The monoisotopic (exact) mass is 336 g/mol. The average Bonchev–Trinajstić information content (AvgIpc) is 2.68. The summed E-state index contributed by atoms with van der Waals surface area (Å²) in [5.41, 5.74) is 2.14. The fraction of sp³-hybridized carbons (Fsp3) is 0.467. The Kier molecular flexibility index (Phi) is 3.32. The smallest absolute Gasteiger partial charge is 0.296 e. The van der Waals surface area contributed by atoms with Crippen LogP contribution in [0.1, 0.15) is 37.0 Å². The number of benzene rings is 1. The van der Waals surface area contributed by atoms with Crippen molar-refractivity contribution in [1.82, 2.24) is 0 Å². The van der Waals surface area contributed by atoms with Crippen molar-refractivity contribution in [2.45, 2.75) is 32.7 Å². The maximum atomic E-state index is 11.7. The highest BCUT2D eigenvalue weighted by Crippen LogP contribution is 2.38. The maximum absolute atomic E-state index is 11.7. The molecule has 0 bridgehead atoms. The molecule has 106 valence electrons. The average molecular weight is 337 g/mol. The maximum Gasteiger partial charge on any atom is 0.296 e. The van der Waals surface area contributed by atoms with E-state index in [2.05, 4.69) is 40.0 Å². The molecule has 2 aliphatic rings. The van der Waals surface area contributed by atoms with Crippen LogP contribution in [0, 0.1) is 5.92 Å². The van der Waals surface area contributed by atoms with Gasteiger partial charge in [-0.2, -0.15) is 0 Å². The topological polar surface area (TPSA) is 49.4 Å². The zero-order chi connectivity index (χ0) is 14.4. The van der Waals surface area contributed by atoms with Crippen LogP contribution in [0.15, 0.2) is 16.6 Å². The largest absolute Gasteiger partial charge is 0.368 e. The summed E-state index contributed by atoms with van der Waals surface area (Å²) in [6, 6.07) is 4.12. The second-order valence-electron chi connectivity index (χ2n) is 5.69. The predicted octanol–water partition coefficient (Wildman–Crippen LogP) is 3.21. The molecule has 1 aromatic carbocycles. The van der Waals surface area contributed by atoms with Gasteiger partial charge in [0.1, 0.15) is 0 Å². The van der Waals surface area contributed by atoms with Crippen LogP contribution in [0.2, 0.25) is 0 Å². The SMILES string of the molecule is CC1CCCN(c2cc3c(cc2Br)C(=O)C(=O)N3)C1C. The summed E-state index contributed by atoms with van der Waals surface area (Å²) in [7, 11) is 0. The number of amides is 1. The van der Waals surface area contributed by atoms with E-state index in [1.807, 2.05) is 6.07 Å². The number of ketones is 1. The van der Waals surface area contributed by atoms with Crippen molar-refractivity contribution in [1.29, 1.82) is 0 Å². The van der Waals surface area contributed by atoms with Gasteiger partial charge in [-0.25, -0.2) is 0 Å². The lowest BCUT2D eigenvalue weighted by molar-refractivity contribution is -0.112. The fourth-order valence-corrected chi connectivity index (χ4v) is 3.62. The van der Waals surface area contributed by atoms with Gasteiger partial charge in [-0.3, -0.25) is 9.59 Å². The molecule has 4 nitrogen and oxygen atoms in total. The first-order valence-electron chi connectivity index (χ1n) is 6.95. The van der Waals surface area contributed by atoms with Gasteiger partial charge in [0.25, 0.3) is 11.7 Å². The standard InChI is InChI=1S/C15H17BrN2O2/c1-8-4-3-5-18(9(8)2)13-7-12-10(6-11(13)16)14(19)15(20)17-12/h6-9H,3-5H2,1-2H3,(H,17,19,20). The van der Waals surface area contributed by atoms with E-state index >= 15 is 0 Å². The highest BCUT2D eigenvalue weighted by Gasteiger charge is 2.32. The number of halogens is 1. The molecule has 5 heteroatoms. The number of piperidine rings is 1. The third kappa shape index (κ3) is 2.04. The Morgan fingerprint density at radius 3 is 2.80 bits per heavy atom. The first-order chi connectivity index (χ1) is 9.49. The zero-order valence-corrected chi connectivity index (χ0v) is 13.2. The van der Waals surface area contributed by atoms with Crippen molar-refractivity contribution in [2.75, 3.05) is 16.8 Å². The van der Waals surface area contributed by atoms with E-state index in [1.54, 1.807) is 6.07 Å². The molecule has 2 unspecified atom stereocenters. The van der Waals surface area contributed by atoms with E-state index in [0.717, 1.165) is 16.7 Å². The van der Waals surface area contributed by atoms with E-state index in [4.69, 9.17) is 0 Å². The molecule has 1 amide bonds. The van der Waals surface area contributed by atoms with Crippen LogP contribution in [0.4, 0.5) is 11.4 Å². The molecule has 20 heavy (non-hydrogen) atoms. The lowest BCUT2D eigenvalue weighted by Crippen LogP contribution is -2.42. The van der Waals surface area contributed by atoms with E-state index in [-0.39, 0.29) is 0 Å². The Bertz CT molecular complexity index is 600. The molecular formula is C15H17BrN2O2. The number of carbonyl (C=O) groups is 2. The number of hydrogen-bond acceptors (Lipinski definition) is 3. The Balaban J connectivity index is 2.01. The number of hydrogen-bond donors (Lipinski definition) is 1. The highest BCUT2D eigenvalue weighted by molar-refractivity contribution is 9.10. The van der Waals surface area contributed by atoms with Gasteiger partial charge in [-0.15, -0.1) is 0 Å². The van der Waals surface area contributed by atoms with Crippen molar-refractivity contribution < 1.29 is 9.59 Å². The van der Waals surface area contributed by atoms with Gasteiger partial charge in [-0.05, 0) is 53.7 Å². The number of fused-ring (bicyclic) bond motifs is 1. The number of carbonyl (C=O) groups excluding carboxylic acids is 2. The van der Waals surface area contributed by atoms with Gasteiger partial charge in [0, 0.05) is 17.1 Å². The molecule has 0 saturated carbocycles. The number of rotatable bonds is 1. The van der Waals surface area contributed by atoms with Gasteiger partial charge in [-0.1, -0.05) is 6.92 Å². The van der Waals surface area contributed by atoms with Crippen molar-refractivity contribution >= 4 is 39.0 Å². The molecule has 1 aromatic rings. The molecule has 3 rings (SSSR count). The lowest BCUT2D eigenvalue weighted by atomic mass is 9.91. The Hall–Kier alpha value is -1.36. The van der Waals surface area contributed by atoms with Crippen molar-refractivity contribution in [3.8, 4) is 0 Å². The molecule has 0 aliphatic carbocycles. The van der Waals surface area contributed by atoms with E-state index in [1.165, 1.54) is 12.8 Å². The first-order valence-corrected chi connectivity index (χ1v) is 7.74. The van der Waals surface area contributed by atoms with Gasteiger partial charge < -0.3 is 10.2 Å². The number of nitrogens with one attached hydrogen (secondary N) is 1. The molecule has 2 aliphatic heterocycles. The van der Waals surface area contributed by atoms with Crippen LogP contribution >= 0.6 is 15.9 Å². The van der Waals surface area contributed by atoms with Gasteiger partial charge in [0.15, 0.2) is 0 Å². The second-order valence-corrected chi connectivity index (χ2v) is 6.54. The fourth-order valence-electron chi connectivity index (χ4n) is 3.05. The molecule has 0 spiro atoms. The highest BCUT2D eigenvalue weighted by atomic mass is 79.9. The molecular weight excluding hydrogens is 320 g/mol. The molecule has 0 aromatic heterocycles. The zero-order valence-electron chi connectivity index (χ0n) is 11.6. The second kappa shape index (κ2) is 4.88. The van der Waals surface area contributed by atoms with Crippen molar-refractivity contribution in [2.24, 2.45) is 5.92 Å². The van der Waals surface area contributed by atoms with Crippen LogP contribution in [0.3, 0.4) is 0 Å². The summed E-state index contributed by atoms with van der Waals surface area (Å²) in [4.78, 5) is 25.5. The van der Waals surface area contributed by atoms with Gasteiger partial charge in [0.2, 0.25) is 0 Å². The third-order valence-electron chi connectivity index (χ3n) is 4.47. The van der Waals surface area contributed by atoms with Crippen LogP contribution in [0.25, 0.3) is 0 Å². The van der Waals surface area contributed by atoms with Crippen LogP contribution in [-0.4, -0.2) is 24.3 Å². The Morgan fingerprint density at radius 1 is 1.30 bits per heavy atom. The normalized spacial score (nSPS) is 25.6. The van der Waals surface area contributed by atoms with E-state index in [9.17, 15) is 9.59 Å². The molecule has 1 fully saturated rings. The predicted molar refractivity (Wildman–Crippen MR) is 82.3 cm³/mol. The molecule has 1 saturated heterocycles. The van der Waals surface area contributed by atoms with Crippen LogP contribution in [-0.2, 0) is 4.79 Å². The molecule has 1 N–H and O–H groups in total. The molecule has 2 atom stereocenters. The summed E-state index contributed by atoms with van der Waals surface area (Å²) in [6.07, 6.45) is 2.41. The van der Waals surface area contributed by atoms with Crippen LogP contribution < -0.4 is 10.2 Å². The van der Waals surface area contributed by atoms with Crippen molar-refractivity contribution in [3.05, 3.63) is 22.2 Å². The van der Waals surface area contributed by atoms with Gasteiger partial charge >= 0.3 is 0 Å². The minimum Gasteiger partial charge on any atom is -0.368 e. The Morgan fingerprint density at radius 2 is 2.05 bits per heavy atom. The summed E-state index contributed by atoms with van der Waals surface area (Å²) < 4.78 is 0.877. The summed E-state index contributed by atoms with van der Waals surface area (Å²) in [6.45, 7) is 5.50. The summed E-state index contributed by atoms with van der Waals surface area (Å²) in [5.74, 6) is -0.350. The summed E-state index contributed by atoms with van der Waals surface area (Å²) in [5, 5.41) is 2.64. The minimum atomic E-state index is -0.538. The van der Waals surface area contributed by atoms with E-state index in [0.29, 0.717) is 23.2 Å². The quantitative estimate of drug-likeness (QED) is 0.801. The summed E-state index contributed by atoms with van der Waals surface area (Å²) >= 11 is 3.55. The Labute approximate surface area is 126 Å². The number of nitrogens with zero attached hydrogens (tertiary/aromatic N) is 1. The number of anilines is 2. The first kappa shape index (κ1) is 13.6. The molecule has 2 heterocycles. The van der Waals surface area contributed by atoms with Gasteiger partial charge in [0.05, 0.1) is 16.9 Å². The minimum absolute atomic E-state index is 0.450. The molecule has 0 radical (unpaired) electrons. The lowest BCUT2D eigenvalue weighted by Gasteiger charge is -2.40. The third-order valence-corrected chi connectivity index (χ3v) is 5.10.